The van der Waals surface area contributed by atoms with Gasteiger partial charge in [-0.1, -0.05) is 22.0 Å². The molecule has 0 aliphatic carbocycles. The minimum absolute atomic E-state index is 0.00642. The molecule has 0 saturated carbocycles. The molecule has 0 saturated heterocycles. The van der Waals surface area contributed by atoms with Crippen LogP contribution in [0.3, 0.4) is 0 Å². The average molecular weight is 414 g/mol. The van der Waals surface area contributed by atoms with Crippen LogP contribution in [0.5, 0.6) is 11.5 Å². The number of carbonyl (C=O) groups is 1. The summed E-state index contributed by atoms with van der Waals surface area (Å²) in [5.41, 5.74) is 2.67. The van der Waals surface area contributed by atoms with Gasteiger partial charge in [0.05, 0.1) is 0 Å². The minimum Gasteiger partial charge on any atom is -0.454 e. The molecule has 0 aromatic heterocycles. The molecule has 0 unspecified atom stereocenters. The van der Waals surface area contributed by atoms with E-state index in [1.807, 2.05) is 43.3 Å². The number of hydrogen-bond acceptors (Lipinski definition) is 5. The van der Waals surface area contributed by atoms with Gasteiger partial charge in [0.25, 0.3) is 5.91 Å². The van der Waals surface area contributed by atoms with Crippen LogP contribution in [0.15, 0.2) is 52.6 Å². The summed E-state index contributed by atoms with van der Waals surface area (Å²) in [6, 6.07) is 13.1. The average Bonchev–Trinajstić information content (AvgIpc) is 3.09. The number of benzene rings is 2. The van der Waals surface area contributed by atoms with Crippen molar-refractivity contribution in [2.24, 2.45) is 0 Å². The number of fused-ring (bicyclic) bond motifs is 1. The van der Waals surface area contributed by atoms with Crippen molar-refractivity contribution in [2.45, 2.75) is 13.5 Å². The number of nitrogens with zero attached hydrogens (tertiary/aromatic N) is 1. The Balaban J connectivity index is 1.62. The van der Waals surface area contributed by atoms with Crippen molar-refractivity contribution < 1.29 is 14.3 Å². The smallest absolute Gasteiger partial charge is 0.263 e. The molecule has 132 valence electrons. The van der Waals surface area contributed by atoms with E-state index in [0.29, 0.717) is 11.5 Å². The molecule has 26 heavy (non-hydrogen) atoms. The highest BCUT2D eigenvalue weighted by molar-refractivity contribution is 9.10. The molecule has 3 rings (SSSR count). The first kappa shape index (κ1) is 17.8. The van der Waals surface area contributed by atoms with Crippen LogP contribution in [-0.2, 0) is 11.3 Å². The van der Waals surface area contributed by atoms with Gasteiger partial charge in [-0.2, -0.15) is 5.26 Å². The second-order valence-electron chi connectivity index (χ2n) is 5.64. The molecule has 2 aromatic carbocycles. The first-order valence-electron chi connectivity index (χ1n) is 7.86. The van der Waals surface area contributed by atoms with E-state index in [9.17, 15) is 10.1 Å². The van der Waals surface area contributed by atoms with Crippen LogP contribution in [0.4, 0.5) is 5.69 Å². The van der Waals surface area contributed by atoms with Crippen molar-refractivity contribution >= 4 is 27.5 Å². The van der Waals surface area contributed by atoms with Crippen molar-refractivity contribution in [1.82, 2.24) is 5.32 Å². The van der Waals surface area contributed by atoms with Crippen molar-refractivity contribution in [1.29, 1.82) is 5.26 Å². The zero-order valence-electron chi connectivity index (χ0n) is 14.0. The number of halogens is 1. The van der Waals surface area contributed by atoms with Crippen LogP contribution in [0, 0.1) is 18.3 Å². The molecular formula is C19H16BrN3O3. The van der Waals surface area contributed by atoms with E-state index in [0.717, 1.165) is 21.3 Å². The molecular weight excluding hydrogens is 398 g/mol. The molecule has 0 atom stereocenters. The van der Waals surface area contributed by atoms with E-state index in [1.165, 1.54) is 6.20 Å². The lowest BCUT2D eigenvalue weighted by atomic mass is 10.2. The normalized spacial score (nSPS) is 12.4. The number of ether oxygens (including phenoxy) is 2. The van der Waals surface area contributed by atoms with Gasteiger partial charge in [0.1, 0.15) is 11.6 Å². The highest BCUT2D eigenvalue weighted by Crippen LogP contribution is 2.32. The fraction of sp³-hybridized carbons (Fsp3) is 0.158. The summed E-state index contributed by atoms with van der Waals surface area (Å²) in [5.74, 6) is 0.888. The maximum atomic E-state index is 12.2. The lowest BCUT2D eigenvalue weighted by Gasteiger charge is -2.08. The van der Waals surface area contributed by atoms with Gasteiger partial charge in [0.15, 0.2) is 11.5 Å². The van der Waals surface area contributed by atoms with E-state index in [1.54, 1.807) is 6.07 Å². The maximum Gasteiger partial charge on any atom is 0.263 e. The molecule has 1 aliphatic rings. The highest BCUT2D eigenvalue weighted by atomic mass is 79.9. The zero-order chi connectivity index (χ0) is 18.5. The number of hydrogen-bond donors (Lipinski definition) is 2. The molecule has 1 heterocycles. The molecule has 6 nitrogen and oxygen atoms in total. The van der Waals surface area contributed by atoms with Crippen LogP contribution in [0.25, 0.3) is 0 Å². The highest BCUT2D eigenvalue weighted by Gasteiger charge is 2.14. The lowest BCUT2D eigenvalue weighted by molar-refractivity contribution is -0.117. The third kappa shape index (κ3) is 4.16. The first-order valence-corrected chi connectivity index (χ1v) is 8.66. The Bertz CT molecular complexity index is 919. The number of aryl methyl sites for hydroxylation is 1. The maximum absolute atomic E-state index is 12.2. The molecule has 0 radical (unpaired) electrons. The van der Waals surface area contributed by atoms with Crippen LogP contribution < -0.4 is 20.1 Å². The van der Waals surface area contributed by atoms with E-state index >= 15 is 0 Å². The second kappa shape index (κ2) is 7.93. The quantitative estimate of drug-likeness (QED) is 0.577. The Morgan fingerprint density at radius 1 is 1.27 bits per heavy atom. The molecule has 0 spiro atoms. The van der Waals surface area contributed by atoms with Gasteiger partial charge in [0, 0.05) is 22.9 Å². The Hall–Kier alpha value is -2.98. The third-order valence-corrected chi connectivity index (χ3v) is 4.31. The Morgan fingerprint density at radius 2 is 2.08 bits per heavy atom. The first-order chi connectivity index (χ1) is 12.6. The van der Waals surface area contributed by atoms with Gasteiger partial charge in [-0.25, -0.2) is 0 Å². The number of anilines is 1. The van der Waals surface area contributed by atoms with Crippen molar-refractivity contribution in [2.75, 3.05) is 12.1 Å². The molecule has 1 amide bonds. The monoisotopic (exact) mass is 413 g/mol. The SMILES string of the molecule is Cc1cc(Br)ccc1N/C=C(/C#N)C(=O)NCc1ccc2c(c1)OCO2. The van der Waals surface area contributed by atoms with Crippen LogP contribution >= 0.6 is 15.9 Å². The van der Waals surface area contributed by atoms with Gasteiger partial charge in [-0.3, -0.25) is 4.79 Å². The van der Waals surface area contributed by atoms with Crippen LogP contribution in [-0.4, -0.2) is 12.7 Å². The van der Waals surface area contributed by atoms with Crippen molar-refractivity contribution in [3.8, 4) is 17.6 Å². The zero-order valence-corrected chi connectivity index (χ0v) is 15.6. The van der Waals surface area contributed by atoms with E-state index in [2.05, 4.69) is 26.6 Å². The van der Waals surface area contributed by atoms with Crippen LogP contribution in [0.2, 0.25) is 0 Å². The van der Waals surface area contributed by atoms with E-state index in [-0.39, 0.29) is 18.9 Å². The number of amides is 1. The van der Waals surface area contributed by atoms with Gasteiger partial charge in [-0.05, 0) is 48.4 Å². The van der Waals surface area contributed by atoms with E-state index in [4.69, 9.17) is 9.47 Å². The van der Waals surface area contributed by atoms with Crippen molar-refractivity contribution in [3.05, 3.63) is 63.8 Å². The predicted molar refractivity (Wildman–Crippen MR) is 101 cm³/mol. The summed E-state index contributed by atoms with van der Waals surface area (Å²) in [7, 11) is 0. The fourth-order valence-electron chi connectivity index (χ4n) is 2.42. The second-order valence-corrected chi connectivity index (χ2v) is 6.56. The summed E-state index contributed by atoms with van der Waals surface area (Å²) in [6.45, 7) is 2.42. The Labute approximate surface area is 159 Å². The number of nitriles is 1. The largest absolute Gasteiger partial charge is 0.454 e. The van der Waals surface area contributed by atoms with E-state index < -0.39 is 5.91 Å². The summed E-state index contributed by atoms with van der Waals surface area (Å²) >= 11 is 3.40. The van der Waals surface area contributed by atoms with Gasteiger partial charge in [0.2, 0.25) is 6.79 Å². The number of nitrogens with one attached hydrogen (secondary N) is 2. The van der Waals surface area contributed by atoms with Gasteiger partial charge < -0.3 is 20.1 Å². The molecule has 1 aliphatic heterocycles. The predicted octanol–water partition coefficient (Wildman–Crippen LogP) is 3.62. The number of rotatable bonds is 5. The summed E-state index contributed by atoms with van der Waals surface area (Å²) in [6.07, 6.45) is 1.41. The molecule has 0 fully saturated rings. The summed E-state index contributed by atoms with van der Waals surface area (Å²) in [5, 5.41) is 15.0. The molecule has 0 bridgehead atoms. The number of carbonyl (C=O) groups excluding carboxylic acids is 1. The molecule has 7 heteroatoms. The third-order valence-electron chi connectivity index (χ3n) is 3.82. The van der Waals surface area contributed by atoms with Crippen molar-refractivity contribution in [3.63, 3.8) is 0 Å². The Kier molecular flexibility index (Phi) is 5.44. The van der Waals surface area contributed by atoms with Gasteiger partial charge >= 0.3 is 0 Å². The minimum atomic E-state index is -0.451. The van der Waals surface area contributed by atoms with Gasteiger partial charge in [-0.15, -0.1) is 0 Å². The molecule has 2 N–H and O–H groups in total. The Morgan fingerprint density at radius 3 is 2.85 bits per heavy atom. The summed E-state index contributed by atoms with van der Waals surface area (Å²) in [4.78, 5) is 12.2. The molecule has 2 aromatic rings. The fourth-order valence-corrected chi connectivity index (χ4v) is 2.89. The lowest BCUT2D eigenvalue weighted by Crippen LogP contribution is -2.24. The summed E-state index contributed by atoms with van der Waals surface area (Å²) < 4.78 is 11.5. The van der Waals surface area contributed by atoms with Crippen LogP contribution in [0.1, 0.15) is 11.1 Å². The topological polar surface area (TPSA) is 83.4 Å². The standard InChI is InChI=1S/C19H16BrN3O3/c1-12-6-15(20)3-4-16(12)22-10-14(8-21)19(24)23-9-13-2-5-17-18(7-13)26-11-25-17/h2-7,10,22H,9,11H2,1H3,(H,23,24)/b14-10-.